The molecule has 0 atom stereocenters. The molecule has 30 heavy (non-hydrogen) atoms. The molecule has 4 rings (SSSR count). The predicted molar refractivity (Wildman–Crippen MR) is 117 cm³/mol. The molecular weight excluding hydrogens is 378 g/mol. The van der Waals surface area contributed by atoms with Gasteiger partial charge in [-0.2, -0.15) is 0 Å². The molecule has 0 saturated carbocycles. The SMILES string of the molecule is COCC(=O)N1CCC(n2c(CCc3ccccc3OC)nc3ccccc32)CC1. The highest BCUT2D eigenvalue weighted by atomic mass is 16.5. The van der Waals surface area contributed by atoms with E-state index in [1.807, 2.05) is 29.2 Å². The van der Waals surface area contributed by atoms with E-state index < -0.39 is 0 Å². The lowest BCUT2D eigenvalue weighted by Crippen LogP contribution is -2.41. The van der Waals surface area contributed by atoms with E-state index in [9.17, 15) is 4.79 Å². The van der Waals surface area contributed by atoms with Crippen LogP contribution in [0.25, 0.3) is 11.0 Å². The molecular formula is C24H29N3O3. The van der Waals surface area contributed by atoms with Crippen LogP contribution in [0.3, 0.4) is 0 Å². The number of fused-ring (bicyclic) bond motifs is 1. The van der Waals surface area contributed by atoms with Crippen molar-refractivity contribution in [2.45, 2.75) is 31.7 Å². The normalized spacial score (nSPS) is 14.9. The summed E-state index contributed by atoms with van der Waals surface area (Å²) in [7, 11) is 3.28. The molecule has 2 aromatic carbocycles. The molecule has 0 bridgehead atoms. The number of ether oxygens (including phenoxy) is 2. The number of aryl methyl sites for hydroxylation is 2. The van der Waals surface area contributed by atoms with Crippen LogP contribution in [0.15, 0.2) is 48.5 Å². The molecule has 6 nitrogen and oxygen atoms in total. The predicted octanol–water partition coefficient (Wildman–Crippen LogP) is 3.64. The van der Waals surface area contributed by atoms with E-state index in [2.05, 4.69) is 28.8 Å². The van der Waals surface area contributed by atoms with Gasteiger partial charge >= 0.3 is 0 Å². The summed E-state index contributed by atoms with van der Waals surface area (Å²) in [6.45, 7) is 1.67. The molecule has 0 spiro atoms. The molecule has 0 unspecified atom stereocenters. The first-order valence-corrected chi connectivity index (χ1v) is 10.6. The summed E-state index contributed by atoms with van der Waals surface area (Å²) in [5, 5.41) is 0. The van der Waals surface area contributed by atoms with Crippen LogP contribution >= 0.6 is 0 Å². The molecule has 1 amide bonds. The largest absolute Gasteiger partial charge is 0.496 e. The number of carbonyl (C=O) groups is 1. The first-order valence-electron chi connectivity index (χ1n) is 10.6. The molecule has 1 fully saturated rings. The second-order valence-corrected chi connectivity index (χ2v) is 7.74. The Bertz CT molecular complexity index is 1010. The van der Waals surface area contributed by atoms with Crippen LogP contribution in [0, 0.1) is 0 Å². The second-order valence-electron chi connectivity index (χ2n) is 7.74. The number of hydrogen-bond donors (Lipinski definition) is 0. The molecule has 0 radical (unpaired) electrons. The fourth-order valence-corrected chi connectivity index (χ4v) is 4.42. The van der Waals surface area contributed by atoms with Crippen molar-refractivity contribution in [2.75, 3.05) is 33.9 Å². The summed E-state index contributed by atoms with van der Waals surface area (Å²) in [4.78, 5) is 19.0. The van der Waals surface area contributed by atoms with Crippen LogP contribution < -0.4 is 4.74 Å². The highest BCUT2D eigenvalue weighted by molar-refractivity contribution is 5.78. The fraction of sp³-hybridized carbons (Fsp3) is 0.417. The van der Waals surface area contributed by atoms with E-state index >= 15 is 0 Å². The van der Waals surface area contributed by atoms with E-state index in [0.29, 0.717) is 6.04 Å². The minimum atomic E-state index is 0.0721. The number of methoxy groups -OCH3 is 2. The molecule has 1 saturated heterocycles. The zero-order chi connectivity index (χ0) is 20.9. The maximum atomic E-state index is 12.2. The molecule has 1 aromatic heterocycles. The Hall–Kier alpha value is -2.86. The van der Waals surface area contributed by atoms with Crippen LogP contribution in [0.1, 0.15) is 30.3 Å². The molecule has 158 valence electrons. The van der Waals surface area contributed by atoms with Gasteiger partial charge in [-0.25, -0.2) is 4.98 Å². The number of carbonyl (C=O) groups excluding carboxylic acids is 1. The van der Waals surface area contributed by atoms with Crippen LogP contribution in [0.5, 0.6) is 5.75 Å². The van der Waals surface area contributed by atoms with Crippen molar-refractivity contribution in [1.82, 2.24) is 14.5 Å². The Morgan fingerprint density at radius 3 is 2.53 bits per heavy atom. The average Bonchev–Trinajstić information content (AvgIpc) is 3.16. The molecule has 2 heterocycles. The number of imidazole rings is 1. The van der Waals surface area contributed by atoms with E-state index in [4.69, 9.17) is 14.5 Å². The number of rotatable bonds is 7. The smallest absolute Gasteiger partial charge is 0.248 e. The number of piperidine rings is 1. The molecule has 0 aliphatic carbocycles. The van der Waals surface area contributed by atoms with Gasteiger partial charge in [-0.15, -0.1) is 0 Å². The number of para-hydroxylation sites is 3. The molecule has 1 aliphatic heterocycles. The Balaban J connectivity index is 1.56. The zero-order valence-electron chi connectivity index (χ0n) is 17.7. The van der Waals surface area contributed by atoms with Gasteiger partial charge in [0.25, 0.3) is 0 Å². The number of benzene rings is 2. The summed E-state index contributed by atoms with van der Waals surface area (Å²) in [6, 6.07) is 16.8. The lowest BCUT2D eigenvalue weighted by molar-refractivity contribution is -0.136. The maximum absolute atomic E-state index is 12.2. The average molecular weight is 408 g/mol. The third-order valence-corrected chi connectivity index (χ3v) is 5.93. The van der Waals surface area contributed by atoms with Gasteiger partial charge < -0.3 is 18.9 Å². The van der Waals surface area contributed by atoms with Crippen LogP contribution in [0.2, 0.25) is 0 Å². The third kappa shape index (κ3) is 4.19. The van der Waals surface area contributed by atoms with Crippen molar-refractivity contribution in [1.29, 1.82) is 0 Å². The molecule has 0 N–H and O–H groups in total. The first-order chi connectivity index (χ1) is 14.7. The standard InChI is InChI=1S/C24H29N3O3/c1-29-17-24(28)26-15-13-19(14-16-26)27-21-9-5-4-8-20(21)25-23(27)12-11-18-7-3-6-10-22(18)30-2/h3-10,19H,11-17H2,1-2H3. The van der Waals surface area contributed by atoms with E-state index in [1.54, 1.807) is 14.2 Å². The highest BCUT2D eigenvalue weighted by Crippen LogP contribution is 2.30. The van der Waals surface area contributed by atoms with Crippen molar-refractivity contribution in [3.63, 3.8) is 0 Å². The summed E-state index contributed by atoms with van der Waals surface area (Å²) >= 11 is 0. The monoisotopic (exact) mass is 407 g/mol. The fourth-order valence-electron chi connectivity index (χ4n) is 4.42. The first kappa shape index (κ1) is 20.4. The van der Waals surface area contributed by atoms with Gasteiger partial charge in [0.1, 0.15) is 18.2 Å². The van der Waals surface area contributed by atoms with Crippen LogP contribution in [-0.4, -0.2) is 54.3 Å². The van der Waals surface area contributed by atoms with Crippen molar-refractivity contribution in [3.8, 4) is 5.75 Å². The van der Waals surface area contributed by atoms with Crippen LogP contribution in [-0.2, 0) is 22.4 Å². The zero-order valence-corrected chi connectivity index (χ0v) is 17.7. The molecule has 3 aromatic rings. The highest BCUT2D eigenvalue weighted by Gasteiger charge is 2.26. The van der Waals surface area contributed by atoms with Gasteiger partial charge in [0.2, 0.25) is 5.91 Å². The van der Waals surface area contributed by atoms with E-state index in [0.717, 1.165) is 55.9 Å². The van der Waals surface area contributed by atoms with Crippen molar-refractivity contribution in [3.05, 3.63) is 59.9 Å². The minimum absolute atomic E-state index is 0.0721. The topological polar surface area (TPSA) is 56.6 Å². The molecule has 1 aliphatic rings. The maximum Gasteiger partial charge on any atom is 0.248 e. The summed E-state index contributed by atoms with van der Waals surface area (Å²) in [5.41, 5.74) is 3.40. The van der Waals surface area contributed by atoms with Gasteiger partial charge in [0, 0.05) is 32.7 Å². The number of hydrogen-bond acceptors (Lipinski definition) is 4. The summed E-state index contributed by atoms with van der Waals surface area (Å²) < 4.78 is 12.9. The summed E-state index contributed by atoms with van der Waals surface area (Å²) in [6.07, 6.45) is 3.57. The third-order valence-electron chi connectivity index (χ3n) is 5.93. The Labute approximate surface area is 177 Å². The van der Waals surface area contributed by atoms with Crippen LogP contribution in [0.4, 0.5) is 0 Å². The Morgan fingerprint density at radius 1 is 1.03 bits per heavy atom. The Kier molecular flexibility index (Phi) is 6.33. The number of likely N-dealkylation sites (tertiary alicyclic amines) is 1. The molecule has 6 heteroatoms. The second kappa shape index (κ2) is 9.30. The lowest BCUT2D eigenvalue weighted by Gasteiger charge is -2.33. The van der Waals surface area contributed by atoms with Gasteiger partial charge in [-0.05, 0) is 43.0 Å². The number of aromatic nitrogens is 2. The lowest BCUT2D eigenvalue weighted by atomic mass is 10.0. The minimum Gasteiger partial charge on any atom is -0.496 e. The van der Waals surface area contributed by atoms with Gasteiger partial charge in [-0.3, -0.25) is 4.79 Å². The van der Waals surface area contributed by atoms with Crippen molar-refractivity contribution >= 4 is 16.9 Å². The quantitative estimate of drug-likeness (QED) is 0.600. The Morgan fingerprint density at radius 2 is 1.77 bits per heavy atom. The van der Waals surface area contributed by atoms with Gasteiger partial charge in [-0.1, -0.05) is 30.3 Å². The van der Waals surface area contributed by atoms with E-state index in [1.165, 1.54) is 11.1 Å². The van der Waals surface area contributed by atoms with E-state index in [-0.39, 0.29) is 12.5 Å². The number of amides is 1. The van der Waals surface area contributed by atoms with Gasteiger partial charge in [0.15, 0.2) is 0 Å². The van der Waals surface area contributed by atoms with Crippen molar-refractivity contribution < 1.29 is 14.3 Å². The van der Waals surface area contributed by atoms with Crippen molar-refractivity contribution in [2.24, 2.45) is 0 Å². The number of nitrogens with zero attached hydrogens (tertiary/aromatic N) is 3. The summed E-state index contributed by atoms with van der Waals surface area (Å²) in [5.74, 6) is 2.09. The van der Waals surface area contributed by atoms with Gasteiger partial charge in [0.05, 0.1) is 18.1 Å².